The van der Waals surface area contributed by atoms with Crippen LogP contribution in [0, 0.1) is 12.8 Å². The lowest BCUT2D eigenvalue weighted by molar-refractivity contribution is -0.136. The van der Waals surface area contributed by atoms with Gasteiger partial charge in [-0.2, -0.15) is 4.31 Å². The van der Waals surface area contributed by atoms with Crippen LogP contribution in [0.15, 0.2) is 23.1 Å². The Hall–Kier alpha value is -1.60. The molecule has 1 amide bonds. The molecule has 140 valence electrons. The molecule has 0 aromatic heterocycles. The van der Waals surface area contributed by atoms with Gasteiger partial charge in [-0.25, -0.2) is 8.42 Å². The van der Waals surface area contributed by atoms with Gasteiger partial charge in [0, 0.05) is 26.2 Å². The summed E-state index contributed by atoms with van der Waals surface area (Å²) in [4.78, 5) is 14.6. The second-order valence-corrected chi connectivity index (χ2v) is 8.27. The van der Waals surface area contributed by atoms with E-state index in [1.165, 1.54) is 11.4 Å². The zero-order valence-corrected chi connectivity index (χ0v) is 16.3. The first kappa shape index (κ1) is 19.7. The molecule has 1 aliphatic rings. The van der Waals surface area contributed by atoms with Gasteiger partial charge in [-0.05, 0) is 51.3 Å². The number of sulfonamides is 1. The van der Waals surface area contributed by atoms with E-state index in [-0.39, 0.29) is 23.3 Å². The van der Waals surface area contributed by atoms with E-state index in [0.29, 0.717) is 31.8 Å². The lowest BCUT2D eigenvalue weighted by Gasteiger charge is -2.34. The van der Waals surface area contributed by atoms with Crippen LogP contribution >= 0.6 is 0 Å². The molecule has 1 aromatic carbocycles. The van der Waals surface area contributed by atoms with Gasteiger partial charge in [0.15, 0.2) is 0 Å². The van der Waals surface area contributed by atoms with Gasteiger partial charge in [0.05, 0.1) is 13.0 Å². The first-order valence-electron chi connectivity index (χ1n) is 8.78. The van der Waals surface area contributed by atoms with Gasteiger partial charge in [-0.3, -0.25) is 4.79 Å². The molecule has 0 aliphatic carbocycles. The minimum atomic E-state index is -3.70. The Balaban J connectivity index is 2.28. The zero-order valence-electron chi connectivity index (χ0n) is 15.5. The van der Waals surface area contributed by atoms with Crippen molar-refractivity contribution in [3.8, 4) is 5.75 Å². The van der Waals surface area contributed by atoms with Gasteiger partial charge >= 0.3 is 0 Å². The second kappa shape index (κ2) is 8.19. The number of methoxy groups -OCH3 is 1. The Morgan fingerprint density at radius 3 is 2.60 bits per heavy atom. The smallest absolute Gasteiger partial charge is 0.246 e. The lowest BCUT2D eigenvalue weighted by atomic mass is 9.98. The van der Waals surface area contributed by atoms with Gasteiger partial charge in [-0.1, -0.05) is 6.07 Å². The van der Waals surface area contributed by atoms with Crippen LogP contribution in [-0.2, 0) is 14.8 Å². The highest BCUT2D eigenvalue weighted by molar-refractivity contribution is 7.89. The van der Waals surface area contributed by atoms with Crippen molar-refractivity contribution in [2.24, 2.45) is 5.92 Å². The quantitative estimate of drug-likeness (QED) is 0.773. The molecule has 0 N–H and O–H groups in total. The Morgan fingerprint density at radius 2 is 2.00 bits per heavy atom. The molecule has 7 heteroatoms. The van der Waals surface area contributed by atoms with Crippen molar-refractivity contribution < 1.29 is 17.9 Å². The molecule has 6 nitrogen and oxygen atoms in total. The Morgan fingerprint density at radius 1 is 1.32 bits per heavy atom. The maximum absolute atomic E-state index is 13.1. The first-order chi connectivity index (χ1) is 11.8. The summed E-state index contributed by atoms with van der Waals surface area (Å²) in [5.74, 6) is 0.100. The summed E-state index contributed by atoms with van der Waals surface area (Å²) in [5.41, 5.74) is 0.854. The molecular weight excluding hydrogens is 340 g/mol. The van der Waals surface area contributed by atoms with E-state index in [9.17, 15) is 13.2 Å². The number of benzene rings is 1. The summed E-state index contributed by atoms with van der Waals surface area (Å²) in [7, 11) is -2.23. The van der Waals surface area contributed by atoms with E-state index in [1.807, 2.05) is 26.8 Å². The van der Waals surface area contributed by atoms with Gasteiger partial charge in [0.1, 0.15) is 10.6 Å². The van der Waals surface area contributed by atoms with E-state index in [2.05, 4.69) is 0 Å². The summed E-state index contributed by atoms with van der Waals surface area (Å²) in [5, 5.41) is 0. The van der Waals surface area contributed by atoms with Crippen molar-refractivity contribution in [3.05, 3.63) is 23.8 Å². The molecule has 1 aromatic rings. The van der Waals surface area contributed by atoms with Crippen molar-refractivity contribution in [3.63, 3.8) is 0 Å². The summed E-state index contributed by atoms with van der Waals surface area (Å²) in [6.07, 6.45) is 1.41. The average molecular weight is 368 g/mol. The number of hydrogen-bond acceptors (Lipinski definition) is 4. The maximum Gasteiger partial charge on any atom is 0.246 e. The molecule has 1 atom stereocenters. The highest BCUT2D eigenvalue weighted by Gasteiger charge is 2.35. The van der Waals surface area contributed by atoms with Crippen molar-refractivity contribution in [2.45, 2.75) is 38.5 Å². The molecule has 25 heavy (non-hydrogen) atoms. The number of ether oxygens (including phenoxy) is 1. The average Bonchev–Trinajstić information content (AvgIpc) is 2.62. The number of piperidine rings is 1. The van der Waals surface area contributed by atoms with Crippen LogP contribution in [0.5, 0.6) is 5.75 Å². The zero-order chi connectivity index (χ0) is 18.6. The lowest BCUT2D eigenvalue weighted by Crippen LogP contribution is -2.46. The van der Waals surface area contributed by atoms with Crippen LogP contribution in [-0.4, -0.2) is 56.8 Å². The Kier molecular flexibility index (Phi) is 6.46. The van der Waals surface area contributed by atoms with E-state index in [1.54, 1.807) is 17.0 Å². The van der Waals surface area contributed by atoms with E-state index in [4.69, 9.17) is 4.74 Å². The third-order valence-corrected chi connectivity index (χ3v) is 6.63. The van der Waals surface area contributed by atoms with Crippen LogP contribution in [0.25, 0.3) is 0 Å². The summed E-state index contributed by atoms with van der Waals surface area (Å²) in [6.45, 7) is 7.68. The number of hydrogen-bond donors (Lipinski definition) is 0. The topological polar surface area (TPSA) is 66.9 Å². The van der Waals surface area contributed by atoms with Crippen LogP contribution in [0.2, 0.25) is 0 Å². The summed E-state index contributed by atoms with van der Waals surface area (Å²) < 4.78 is 32.9. The van der Waals surface area contributed by atoms with Gasteiger partial charge < -0.3 is 9.64 Å². The molecule has 0 spiro atoms. The van der Waals surface area contributed by atoms with Crippen LogP contribution < -0.4 is 4.74 Å². The predicted octanol–water partition coefficient (Wildman–Crippen LogP) is 2.27. The molecule has 1 saturated heterocycles. The van der Waals surface area contributed by atoms with Gasteiger partial charge in [0.25, 0.3) is 0 Å². The minimum absolute atomic E-state index is 0.0427. The highest BCUT2D eigenvalue weighted by Crippen LogP contribution is 2.31. The largest absolute Gasteiger partial charge is 0.495 e. The molecule has 1 aliphatic heterocycles. The fraction of sp³-hybridized carbons (Fsp3) is 0.611. The fourth-order valence-corrected chi connectivity index (χ4v) is 5.04. The molecule has 0 bridgehead atoms. The number of amides is 1. The molecule has 1 unspecified atom stereocenters. The molecule has 2 rings (SSSR count). The number of nitrogens with zero attached hydrogens (tertiary/aromatic N) is 2. The monoisotopic (exact) mass is 368 g/mol. The summed E-state index contributed by atoms with van der Waals surface area (Å²) in [6, 6.07) is 5.12. The number of carbonyl (C=O) groups is 1. The second-order valence-electron chi connectivity index (χ2n) is 6.37. The number of rotatable bonds is 6. The normalized spacial score (nSPS) is 18.8. The SMILES string of the molecule is CCN(CC)C(=O)C1CCCN(S(=O)(=O)c2cc(C)ccc2OC)C1. The van der Waals surface area contributed by atoms with E-state index < -0.39 is 10.0 Å². The van der Waals surface area contributed by atoms with Crippen molar-refractivity contribution in [1.82, 2.24) is 9.21 Å². The van der Waals surface area contributed by atoms with Crippen LogP contribution in [0.3, 0.4) is 0 Å². The molecule has 0 radical (unpaired) electrons. The molecule has 1 fully saturated rings. The minimum Gasteiger partial charge on any atom is -0.495 e. The third-order valence-electron chi connectivity index (χ3n) is 4.75. The molecule has 1 heterocycles. The first-order valence-corrected chi connectivity index (χ1v) is 10.2. The Labute approximate surface area is 150 Å². The van der Waals surface area contributed by atoms with E-state index >= 15 is 0 Å². The number of carbonyl (C=O) groups excluding carboxylic acids is 1. The van der Waals surface area contributed by atoms with Gasteiger partial charge in [-0.15, -0.1) is 0 Å². The van der Waals surface area contributed by atoms with Crippen molar-refractivity contribution in [1.29, 1.82) is 0 Å². The predicted molar refractivity (Wildman–Crippen MR) is 97.1 cm³/mol. The fourth-order valence-electron chi connectivity index (χ4n) is 3.28. The van der Waals surface area contributed by atoms with Gasteiger partial charge in [0.2, 0.25) is 15.9 Å². The van der Waals surface area contributed by atoms with E-state index in [0.717, 1.165) is 12.0 Å². The maximum atomic E-state index is 13.1. The number of aryl methyl sites for hydroxylation is 1. The third kappa shape index (κ3) is 4.15. The van der Waals surface area contributed by atoms with Crippen molar-refractivity contribution >= 4 is 15.9 Å². The highest BCUT2D eigenvalue weighted by atomic mass is 32.2. The Bertz CT molecular complexity index is 714. The summed E-state index contributed by atoms with van der Waals surface area (Å²) >= 11 is 0. The van der Waals surface area contributed by atoms with Crippen molar-refractivity contribution in [2.75, 3.05) is 33.3 Å². The molecular formula is C18H28N2O4S. The van der Waals surface area contributed by atoms with Crippen LogP contribution in [0.1, 0.15) is 32.3 Å². The standard InChI is InChI=1S/C18H28N2O4S/c1-5-19(6-2)18(21)15-8-7-11-20(13-15)25(22,23)17-12-14(3)9-10-16(17)24-4/h9-10,12,15H,5-8,11,13H2,1-4H3. The molecule has 0 saturated carbocycles. The van der Waals surface area contributed by atoms with Crippen LogP contribution in [0.4, 0.5) is 0 Å².